The molecular weight excluding hydrogens is 340 g/mol. The van der Waals surface area contributed by atoms with Crippen LogP contribution < -0.4 is 0 Å². The highest BCUT2D eigenvalue weighted by molar-refractivity contribution is 6.25. The van der Waals surface area contributed by atoms with Gasteiger partial charge in [-0.1, -0.05) is 63.1 Å². The van der Waals surface area contributed by atoms with E-state index in [1.807, 2.05) is 0 Å². The van der Waals surface area contributed by atoms with E-state index in [0.29, 0.717) is 0 Å². The topological polar surface area (TPSA) is 9.86 Å². The highest BCUT2D eigenvalue weighted by atomic mass is 15.0. The van der Waals surface area contributed by atoms with Gasteiger partial charge in [-0.25, -0.2) is 0 Å². The fraction of sp³-hybridized carbons (Fsp3) is 0.308. The summed E-state index contributed by atoms with van der Waals surface area (Å²) in [6.07, 6.45) is 4.62. The lowest BCUT2D eigenvalue weighted by Gasteiger charge is -2.15. The van der Waals surface area contributed by atoms with Crippen molar-refractivity contribution in [3.8, 4) is 0 Å². The average Bonchev–Trinajstić information content (AvgIpc) is 3.18. The summed E-state index contributed by atoms with van der Waals surface area (Å²) in [5, 5.41) is 5.74. The normalized spacial score (nSPS) is 12.1. The molecule has 0 saturated carbocycles. The van der Waals surface area contributed by atoms with E-state index < -0.39 is 0 Å². The summed E-state index contributed by atoms with van der Waals surface area (Å²) < 4.78 is 4.83. The number of nitrogens with zero attached hydrogens (tertiary/aromatic N) is 2. The Bertz CT molecular complexity index is 1240. The Balaban J connectivity index is 2.17. The predicted molar refractivity (Wildman–Crippen MR) is 122 cm³/mol. The van der Waals surface area contributed by atoms with E-state index in [1.54, 1.807) is 11.1 Å². The van der Waals surface area contributed by atoms with Crippen molar-refractivity contribution in [2.45, 2.75) is 39.5 Å². The second-order valence-corrected chi connectivity index (χ2v) is 8.06. The van der Waals surface area contributed by atoms with Crippen molar-refractivity contribution < 1.29 is 0 Å². The van der Waals surface area contributed by atoms with Crippen LogP contribution in [0, 0.1) is 0 Å². The maximum absolute atomic E-state index is 2.42. The smallest absolute Gasteiger partial charge is 0.0739 e. The van der Waals surface area contributed by atoms with Gasteiger partial charge in [0.05, 0.1) is 11.0 Å². The van der Waals surface area contributed by atoms with Gasteiger partial charge in [-0.05, 0) is 36.1 Å². The molecular formula is C26H28N2. The third-order valence-corrected chi connectivity index (χ3v) is 6.41. The van der Waals surface area contributed by atoms with Crippen molar-refractivity contribution in [3.05, 3.63) is 59.7 Å². The van der Waals surface area contributed by atoms with Crippen LogP contribution in [0.1, 0.15) is 37.8 Å². The van der Waals surface area contributed by atoms with Crippen LogP contribution in [0.4, 0.5) is 0 Å². The van der Waals surface area contributed by atoms with Crippen LogP contribution in [0.3, 0.4) is 0 Å². The molecule has 0 aliphatic rings. The summed E-state index contributed by atoms with van der Waals surface area (Å²) in [6.45, 7) is 4.61. The number of hydrogen-bond acceptors (Lipinski definition) is 0. The Hall–Kier alpha value is -2.74. The minimum atomic E-state index is 1.14. The summed E-state index contributed by atoms with van der Waals surface area (Å²) in [4.78, 5) is 0. The molecule has 5 rings (SSSR count). The van der Waals surface area contributed by atoms with E-state index in [-0.39, 0.29) is 0 Å². The second kappa shape index (κ2) is 6.41. The van der Waals surface area contributed by atoms with Gasteiger partial charge in [-0.3, -0.25) is 0 Å². The molecule has 2 nitrogen and oxygen atoms in total. The molecule has 2 heteroatoms. The van der Waals surface area contributed by atoms with Crippen LogP contribution in [0.15, 0.2) is 48.5 Å². The summed E-state index contributed by atoms with van der Waals surface area (Å²) >= 11 is 0. The van der Waals surface area contributed by atoms with Gasteiger partial charge in [0.15, 0.2) is 0 Å². The Morgan fingerprint density at radius 1 is 0.607 bits per heavy atom. The predicted octanol–water partition coefficient (Wildman–Crippen LogP) is 6.88. The highest BCUT2D eigenvalue weighted by Crippen LogP contribution is 2.43. The molecule has 142 valence electrons. The standard InChI is InChI=1S/C26H28N2/c1-5-11-17-18(12-6-2)24-20-14-8-10-16-22(20)28(4)26(24)25-23(17)19-13-7-9-15-21(19)27(25)3/h7-10,13-16H,5-6,11-12H2,1-4H3. The third kappa shape index (κ3) is 2.15. The molecule has 5 aromatic rings. The SMILES string of the molecule is CCCc1c(CCC)c2c3ccccc3n(C)c2c2c1c1ccccc1n2C. The molecule has 0 radical (unpaired) electrons. The van der Waals surface area contributed by atoms with Crippen molar-refractivity contribution >= 4 is 43.6 Å². The van der Waals surface area contributed by atoms with Crippen LogP contribution in [0.25, 0.3) is 43.6 Å². The number of hydrogen-bond donors (Lipinski definition) is 0. The first kappa shape index (κ1) is 17.4. The lowest BCUT2D eigenvalue weighted by molar-refractivity contribution is 0.874. The van der Waals surface area contributed by atoms with Crippen molar-refractivity contribution in [1.82, 2.24) is 9.13 Å². The molecule has 3 aromatic carbocycles. The van der Waals surface area contributed by atoms with E-state index in [9.17, 15) is 0 Å². The van der Waals surface area contributed by atoms with Gasteiger partial charge < -0.3 is 9.13 Å². The molecule has 0 spiro atoms. The van der Waals surface area contributed by atoms with Gasteiger partial charge in [-0.15, -0.1) is 0 Å². The van der Waals surface area contributed by atoms with Crippen molar-refractivity contribution in [3.63, 3.8) is 0 Å². The van der Waals surface area contributed by atoms with E-state index in [0.717, 1.165) is 12.8 Å². The van der Waals surface area contributed by atoms with Crippen molar-refractivity contribution in [2.75, 3.05) is 0 Å². The molecule has 0 saturated heterocycles. The van der Waals surface area contributed by atoms with Crippen LogP contribution in [0.2, 0.25) is 0 Å². The lowest BCUT2D eigenvalue weighted by atomic mass is 9.90. The molecule has 0 N–H and O–H groups in total. The van der Waals surface area contributed by atoms with Crippen LogP contribution in [-0.4, -0.2) is 9.13 Å². The zero-order chi connectivity index (χ0) is 19.4. The number of benzene rings is 3. The number of para-hydroxylation sites is 2. The monoisotopic (exact) mass is 368 g/mol. The van der Waals surface area contributed by atoms with Gasteiger partial charge in [0.25, 0.3) is 0 Å². The van der Waals surface area contributed by atoms with E-state index >= 15 is 0 Å². The van der Waals surface area contributed by atoms with Crippen LogP contribution in [-0.2, 0) is 26.9 Å². The van der Waals surface area contributed by atoms with E-state index in [4.69, 9.17) is 0 Å². The summed E-state index contributed by atoms with van der Waals surface area (Å²) in [7, 11) is 4.47. The van der Waals surface area contributed by atoms with Crippen molar-refractivity contribution in [1.29, 1.82) is 0 Å². The van der Waals surface area contributed by atoms with Gasteiger partial charge >= 0.3 is 0 Å². The fourth-order valence-electron chi connectivity index (χ4n) is 5.31. The summed E-state index contributed by atoms with van der Waals surface area (Å²) in [5.74, 6) is 0. The first-order valence-corrected chi connectivity index (χ1v) is 10.6. The average molecular weight is 369 g/mol. The molecule has 0 bridgehead atoms. The quantitative estimate of drug-likeness (QED) is 0.327. The molecule has 2 heterocycles. The maximum Gasteiger partial charge on any atom is 0.0739 e. The van der Waals surface area contributed by atoms with Gasteiger partial charge in [0.2, 0.25) is 0 Å². The third-order valence-electron chi connectivity index (χ3n) is 6.41. The molecule has 0 fully saturated rings. The minimum absolute atomic E-state index is 1.14. The minimum Gasteiger partial charge on any atom is -0.342 e. The molecule has 0 atom stereocenters. The first-order valence-electron chi connectivity index (χ1n) is 10.6. The summed E-state index contributed by atoms with van der Waals surface area (Å²) in [6, 6.07) is 17.8. The van der Waals surface area contributed by atoms with E-state index in [2.05, 4.69) is 85.6 Å². The largest absolute Gasteiger partial charge is 0.342 e. The van der Waals surface area contributed by atoms with Crippen LogP contribution >= 0.6 is 0 Å². The van der Waals surface area contributed by atoms with Crippen molar-refractivity contribution in [2.24, 2.45) is 14.1 Å². The molecule has 0 unspecified atom stereocenters. The molecule has 0 aliphatic carbocycles. The second-order valence-electron chi connectivity index (χ2n) is 8.06. The molecule has 0 amide bonds. The highest BCUT2D eigenvalue weighted by Gasteiger charge is 2.23. The Kier molecular flexibility index (Phi) is 3.97. The first-order chi connectivity index (χ1) is 13.7. The van der Waals surface area contributed by atoms with E-state index in [1.165, 1.54) is 56.5 Å². The Morgan fingerprint density at radius 3 is 1.39 bits per heavy atom. The molecule has 2 aromatic heterocycles. The number of aromatic nitrogens is 2. The van der Waals surface area contributed by atoms with Gasteiger partial charge in [0, 0.05) is 46.7 Å². The van der Waals surface area contributed by atoms with Crippen LogP contribution in [0.5, 0.6) is 0 Å². The Morgan fingerprint density at radius 2 is 1.00 bits per heavy atom. The lowest BCUT2D eigenvalue weighted by Crippen LogP contribution is -2.00. The van der Waals surface area contributed by atoms with Gasteiger partial charge in [0.1, 0.15) is 0 Å². The number of fused-ring (bicyclic) bond motifs is 7. The number of rotatable bonds is 4. The molecule has 28 heavy (non-hydrogen) atoms. The Labute approximate surface area is 166 Å². The number of aryl methyl sites for hydroxylation is 4. The maximum atomic E-state index is 2.42. The summed E-state index contributed by atoms with van der Waals surface area (Å²) in [5.41, 5.74) is 8.57. The zero-order valence-corrected chi connectivity index (χ0v) is 17.3. The zero-order valence-electron chi connectivity index (χ0n) is 17.3. The fourth-order valence-corrected chi connectivity index (χ4v) is 5.31. The van der Waals surface area contributed by atoms with Gasteiger partial charge in [-0.2, -0.15) is 0 Å². The molecule has 0 aliphatic heterocycles.